The van der Waals surface area contributed by atoms with Gasteiger partial charge in [-0.1, -0.05) is 0 Å². The van der Waals surface area contributed by atoms with Gasteiger partial charge in [0.1, 0.15) is 11.8 Å². The predicted molar refractivity (Wildman–Crippen MR) is 55.2 cm³/mol. The van der Waals surface area contributed by atoms with Crippen LogP contribution in [0.2, 0.25) is 0 Å². The molecule has 0 heterocycles. The molecule has 0 saturated heterocycles. The number of halogens is 2. The van der Waals surface area contributed by atoms with Crippen LogP contribution in [0.15, 0.2) is 0 Å². The smallest absolute Gasteiger partial charge is 0.409 e. The summed E-state index contributed by atoms with van der Waals surface area (Å²) in [7, 11) is 0. The van der Waals surface area contributed by atoms with Crippen LogP contribution in [-0.4, -0.2) is 29.0 Å². The Morgan fingerprint density at radius 2 is 1.88 bits per heavy atom. The zero-order chi connectivity index (χ0) is 13.0. The molecule has 0 fully saturated rings. The van der Waals surface area contributed by atoms with E-state index in [2.05, 4.69) is 5.32 Å². The van der Waals surface area contributed by atoms with E-state index in [1.165, 1.54) is 0 Å². The second kappa shape index (κ2) is 5.43. The summed E-state index contributed by atoms with van der Waals surface area (Å²) >= 11 is 0. The molecule has 6 heteroatoms. The van der Waals surface area contributed by atoms with Crippen molar-refractivity contribution in [2.45, 2.75) is 58.3 Å². The highest BCUT2D eigenvalue weighted by Gasteiger charge is 2.24. The summed E-state index contributed by atoms with van der Waals surface area (Å²) in [5.74, 6) is -2.85. The number of aliphatic hydroxyl groups is 1. The maximum Gasteiger partial charge on any atom is 0.409 e. The molecule has 16 heavy (non-hydrogen) atoms. The Labute approximate surface area is 94.0 Å². The minimum absolute atomic E-state index is 0.220. The zero-order valence-electron chi connectivity index (χ0n) is 10.0. The van der Waals surface area contributed by atoms with Crippen molar-refractivity contribution >= 4 is 6.09 Å². The number of alkyl halides is 2. The summed E-state index contributed by atoms with van der Waals surface area (Å²) in [5.41, 5.74) is -0.682. The van der Waals surface area contributed by atoms with E-state index in [-0.39, 0.29) is 6.42 Å². The lowest BCUT2D eigenvalue weighted by Gasteiger charge is -2.22. The van der Waals surface area contributed by atoms with E-state index in [1.54, 1.807) is 20.8 Å². The highest BCUT2D eigenvalue weighted by atomic mass is 19.3. The number of amides is 1. The molecule has 0 saturated carbocycles. The molecule has 0 spiro atoms. The second-order valence-corrected chi connectivity index (χ2v) is 4.77. The monoisotopic (exact) mass is 239 g/mol. The molecule has 4 nitrogen and oxygen atoms in total. The molecule has 0 aliphatic heterocycles. The number of rotatable bonds is 4. The molecule has 96 valence electrons. The van der Waals surface area contributed by atoms with Crippen LogP contribution in [0, 0.1) is 0 Å². The molecular formula is C10H19F2NO3. The highest BCUT2D eigenvalue weighted by Crippen LogP contribution is 2.19. The fourth-order valence-electron chi connectivity index (χ4n) is 0.906. The van der Waals surface area contributed by atoms with Gasteiger partial charge in [-0.05, 0) is 34.1 Å². The van der Waals surface area contributed by atoms with Crippen molar-refractivity contribution < 1.29 is 23.4 Å². The van der Waals surface area contributed by atoms with Gasteiger partial charge in [0.05, 0.1) is 0 Å². The van der Waals surface area contributed by atoms with Crippen molar-refractivity contribution in [2.75, 3.05) is 0 Å². The Morgan fingerprint density at radius 3 is 2.25 bits per heavy atom. The first kappa shape index (κ1) is 15.1. The van der Waals surface area contributed by atoms with Crippen LogP contribution >= 0.6 is 0 Å². The van der Waals surface area contributed by atoms with Crippen LogP contribution in [0.25, 0.3) is 0 Å². The van der Waals surface area contributed by atoms with Crippen LogP contribution in [0.4, 0.5) is 13.6 Å². The van der Waals surface area contributed by atoms with Gasteiger partial charge < -0.3 is 9.84 Å². The third-order valence-corrected chi connectivity index (χ3v) is 1.54. The van der Waals surface area contributed by atoms with Gasteiger partial charge in [0.25, 0.3) is 0 Å². The first-order valence-corrected chi connectivity index (χ1v) is 5.05. The molecule has 0 aliphatic carbocycles. The van der Waals surface area contributed by atoms with E-state index in [4.69, 9.17) is 4.74 Å². The lowest BCUT2D eigenvalue weighted by atomic mass is 10.2. The number of alkyl carbamates (subject to hydrolysis) is 1. The van der Waals surface area contributed by atoms with Crippen LogP contribution in [0.3, 0.4) is 0 Å². The standard InChI is InChI=1S/C10H19F2NO3/c1-9(2,3)16-8(15)13-7(14)5-6-10(4,11)12/h7,14H,5-6H2,1-4H3,(H,13,15)/t7-/m0/s1. The fraction of sp³-hybridized carbons (Fsp3) is 0.900. The zero-order valence-corrected chi connectivity index (χ0v) is 10.0. The third-order valence-electron chi connectivity index (χ3n) is 1.54. The minimum atomic E-state index is -2.85. The van der Waals surface area contributed by atoms with Gasteiger partial charge in [0.15, 0.2) is 0 Å². The molecule has 0 rings (SSSR count). The van der Waals surface area contributed by atoms with Crippen molar-refractivity contribution in [3.05, 3.63) is 0 Å². The summed E-state index contributed by atoms with van der Waals surface area (Å²) in [4.78, 5) is 11.1. The molecule has 0 aromatic rings. The summed E-state index contributed by atoms with van der Waals surface area (Å²) in [6, 6.07) is 0. The van der Waals surface area contributed by atoms with Gasteiger partial charge in [-0.3, -0.25) is 5.32 Å². The Hall–Kier alpha value is -0.910. The van der Waals surface area contributed by atoms with Gasteiger partial charge in [-0.15, -0.1) is 0 Å². The van der Waals surface area contributed by atoms with Crippen LogP contribution in [-0.2, 0) is 4.74 Å². The summed E-state index contributed by atoms with van der Waals surface area (Å²) < 4.78 is 29.7. The predicted octanol–water partition coefficient (Wildman–Crippen LogP) is 2.26. The van der Waals surface area contributed by atoms with Crippen molar-refractivity contribution in [3.8, 4) is 0 Å². The molecule has 1 atom stereocenters. The third kappa shape index (κ3) is 9.64. The molecule has 0 radical (unpaired) electrons. The largest absolute Gasteiger partial charge is 0.444 e. The maximum atomic E-state index is 12.4. The van der Waals surface area contributed by atoms with Crippen LogP contribution in [0.5, 0.6) is 0 Å². The summed E-state index contributed by atoms with van der Waals surface area (Å²) in [5, 5.41) is 11.3. The lowest BCUT2D eigenvalue weighted by molar-refractivity contribution is -0.0100. The van der Waals surface area contributed by atoms with Gasteiger partial charge in [-0.25, -0.2) is 13.6 Å². The highest BCUT2D eigenvalue weighted by molar-refractivity contribution is 5.67. The summed E-state index contributed by atoms with van der Waals surface area (Å²) in [6.07, 6.45) is -2.85. The van der Waals surface area contributed by atoms with E-state index in [0.29, 0.717) is 0 Å². The molecule has 0 bridgehead atoms. The normalized spacial score (nSPS) is 14.4. The molecule has 0 aromatic heterocycles. The number of hydrogen-bond donors (Lipinski definition) is 2. The van der Waals surface area contributed by atoms with E-state index >= 15 is 0 Å². The van der Waals surface area contributed by atoms with Crippen molar-refractivity contribution in [1.82, 2.24) is 5.32 Å². The SMILES string of the molecule is CC(F)(F)CC[C@H](O)NC(=O)OC(C)(C)C. The maximum absolute atomic E-state index is 12.4. The average molecular weight is 239 g/mol. The van der Waals surface area contributed by atoms with Crippen molar-refractivity contribution in [1.29, 1.82) is 0 Å². The van der Waals surface area contributed by atoms with Gasteiger partial charge in [0.2, 0.25) is 5.92 Å². The topological polar surface area (TPSA) is 58.6 Å². The molecule has 0 aliphatic rings. The summed E-state index contributed by atoms with van der Waals surface area (Å²) in [6.45, 7) is 5.75. The van der Waals surface area contributed by atoms with E-state index in [0.717, 1.165) is 6.92 Å². The number of aliphatic hydroxyl groups excluding tert-OH is 1. The number of nitrogens with one attached hydrogen (secondary N) is 1. The molecule has 0 unspecified atom stereocenters. The molecule has 0 aromatic carbocycles. The van der Waals surface area contributed by atoms with E-state index < -0.39 is 30.3 Å². The number of carbonyl (C=O) groups is 1. The van der Waals surface area contributed by atoms with Gasteiger partial charge >= 0.3 is 6.09 Å². The van der Waals surface area contributed by atoms with Crippen LogP contribution in [0.1, 0.15) is 40.5 Å². The number of ether oxygens (including phenoxy) is 1. The van der Waals surface area contributed by atoms with Crippen LogP contribution < -0.4 is 5.32 Å². The minimum Gasteiger partial charge on any atom is -0.444 e. The number of hydrogen-bond acceptors (Lipinski definition) is 3. The van der Waals surface area contributed by atoms with Crippen molar-refractivity contribution in [3.63, 3.8) is 0 Å². The molecular weight excluding hydrogens is 220 g/mol. The van der Waals surface area contributed by atoms with E-state index in [9.17, 15) is 18.7 Å². The molecule has 1 amide bonds. The fourth-order valence-corrected chi connectivity index (χ4v) is 0.906. The van der Waals surface area contributed by atoms with E-state index in [1.807, 2.05) is 0 Å². The first-order chi connectivity index (χ1) is 6.99. The van der Waals surface area contributed by atoms with Gasteiger partial charge in [-0.2, -0.15) is 0 Å². The lowest BCUT2D eigenvalue weighted by Crippen LogP contribution is -2.39. The average Bonchev–Trinajstić information content (AvgIpc) is 1.95. The molecule has 2 N–H and O–H groups in total. The quantitative estimate of drug-likeness (QED) is 0.740. The Balaban J connectivity index is 3.88. The number of carbonyl (C=O) groups excluding carboxylic acids is 1. The van der Waals surface area contributed by atoms with Gasteiger partial charge in [0, 0.05) is 6.42 Å². The Morgan fingerprint density at radius 1 is 1.38 bits per heavy atom. The van der Waals surface area contributed by atoms with Crippen molar-refractivity contribution in [2.24, 2.45) is 0 Å². The first-order valence-electron chi connectivity index (χ1n) is 5.05. The Kier molecular flexibility index (Phi) is 5.12. The Bertz CT molecular complexity index is 233. The second-order valence-electron chi connectivity index (χ2n) is 4.77.